The number of anilines is 1. The molecule has 0 unspecified atom stereocenters. The molecule has 0 aliphatic rings. The average Bonchev–Trinajstić information content (AvgIpc) is 2.83. The maximum atomic E-state index is 12.2. The number of aromatic nitrogens is 3. The van der Waals surface area contributed by atoms with Crippen molar-refractivity contribution in [3.05, 3.63) is 41.9 Å². The molecule has 2 aromatic heterocycles. The first kappa shape index (κ1) is 15.2. The van der Waals surface area contributed by atoms with E-state index in [1.165, 1.54) is 0 Å². The summed E-state index contributed by atoms with van der Waals surface area (Å²) in [6.07, 6.45) is 7.52. The van der Waals surface area contributed by atoms with Gasteiger partial charge in [-0.1, -0.05) is 13.8 Å². The van der Waals surface area contributed by atoms with Crippen molar-refractivity contribution >= 4 is 11.7 Å². The van der Waals surface area contributed by atoms with Crippen molar-refractivity contribution in [3.8, 4) is 0 Å². The minimum atomic E-state index is -0.0305. The molecule has 21 heavy (non-hydrogen) atoms. The van der Waals surface area contributed by atoms with Gasteiger partial charge in [-0.2, -0.15) is 5.10 Å². The number of aryl methyl sites for hydroxylation is 1. The number of carbonyl (C=O) groups is 1. The van der Waals surface area contributed by atoms with Crippen LogP contribution in [0.3, 0.4) is 0 Å². The molecule has 0 saturated heterocycles. The molecule has 2 rings (SSSR count). The molecule has 0 atom stereocenters. The van der Waals surface area contributed by atoms with Gasteiger partial charge >= 0.3 is 0 Å². The highest BCUT2D eigenvalue weighted by Crippen LogP contribution is 2.23. The van der Waals surface area contributed by atoms with Gasteiger partial charge in [0.1, 0.15) is 5.82 Å². The molecule has 0 radical (unpaired) electrons. The number of carbonyl (C=O) groups excluding carboxylic acids is 1. The molecule has 0 spiro atoms. The first-order valence-electron chi connectivity index (χ1n) is 7.38. The number of hydrogen-bond donors (Lipinski definition) is 1. The van der Waals surface area contributed by atoms with Crippen LogP contribution < -0.4 is 5.32 Å². The van der Waals surface area contributed by atoms with E-state index >= 15 is 0 Å². The Labute approximate surface area is 125 Å². The number of amides is 1. The van der Waals surface area contributed by atoms with Crippen LogP contribution in [0.15, 0.2) is 30.7 Å². The van der Waals surface area contributed by atoms with E-state index in [4.69, 9.17) is 0 Å². The third kappa shape index (κ3) is 3.68. The van der Waals surface area contributed by atoms with E-state index in [0.29, 0.717) is 12.5 Å². The summed E-state index contributed by atoms with van der Waals surface area (Å²) >= 11 is 0. The molecular formula is C16H22N4O. The largest absolute Gasteiger partial charge is 0.310 e. The SMILES string of the molecule is CCC(CC)n1ncc(C)c1NC(=O)Cc1ccncc1. The fourth-order valence-corrected chi connectivity index (χ4v) is 2.38. The predicted octanol–water partition coefficient (Wildman–Crippen LogP) is 3.13. The third-order valence-electron chi connectivity index (χ3n) is 3.64. The normalized spacial score (nSPS) is 10.9. The van der Waals surface area contributed by atoms with E-state index in [0.717, 1.165) is 29.8 Å². The summed E-state index contributed by atoms with van der Waals surface area (Å²) in [4.78, 5) is 16.2. The van der Waals surface area contributed by atoms with Crippen molar-refractivity contribution in [1.29, 1.82) is 0 Å². The lowest BCUT2D eigenvalue weighted by molar-refractivity contribution is -0.115. The Kier molecular flexibility index (Phi) is 5.09. The van der Waals surface area contributed by atoms with E-state index in [2.05, 4.69) is 29.2 Å². The van der Waals surface area contributed by atoms with Gasteiger partial charge in [0, 0.05) is 18.0 Å². The van der Waals surface area contributed by atoms with Crippen LogP contribution in [0.2, 0.25) is 0 Å². The Morgan fingerprint density at radius 3 is 2.57 bits per heavy atom. The quantitative estimate of drug-likeness (QED) is 0.887. The average molecular weight is 286 g/mol. The highest BCUT2D eigenvalue weighted by Gasteiger charge is 2.16. The van der Waals surface area contributed by atoms with Crippen LogP contribution in [-0.4, -0.2) is 20.7 Å². The Morgan fingerprint density at radius 1 is 1.29 bits per heavy atom. The molecule has 1 N–H and O–H groups in total. The molecule has 0 aliphatic heterocycles. The van der Waals surface area contributed by atoms with Crippen molar-refractivity contribution in [2.24, 2.45) is 0 Å². The van der Waals surface area contributed by atoms with Crippen LogP contribution in [0, 0.1) is 6.92 Å². The molecule has 2 heterocycles. The van der Waals surface area contributed by atoms with E-state index in [-0.39, 0.29) is 5.91 Å². The zero-order valence-corrected chi connectivity index (χ0v) is 12.8. The number of hydrogen-bond acceptors (Lipinski definition) is 3. The van der Waals surface area contributed by atoms with Crippen LogP contribution in [0.1, 0.15) is 43.9 Å². The van der Waals surface area contributed by atoms with Crippen molar-refractivity contribution in [1.82, 2.24) is 14.8 Å². The molecule has 0 fully saturated rings. The van der Waals surface area contributed by atoms with Crippen molar-refractivity contribution in [2.45, 2.75) is 46.1 Å². The molecule has 2 aromatic rings. The third-order valence-corrected chi connectivity index (χ3v) is 3.64. The van der Waals surface area contributed by atoms with Crippen molar-refractivity contribution < 1.29 is 4.79 Å². The predicted molar refractivity (Wildman–Crippen MR) is 83.2 cm³/mol. The number of rotatable bonds is 6. The van der Waals surface area contributed by atoms with Gasteiger partial charge in [0.25, 0.3) is 0 Å². The lowest BCUT2D eigenvalue weighted by atomic mass is 10.1. The zero-order valence-electron chi connectivity index (χ0n) is 12.8. The number of nitrogens with zero attached hydrogens (tertiary/aromatic N) is 3. The van der Waals surface area contributed by atoms with Gasteiger partial charge in [0.05, 0.1) is 18.7 Å². The molecule has 0 saturated carbocycles. The van der Waals surface area contributed by atoms with Crippen molar-refractivity contribution in [3.63, 3.8) is 0 Å². The second-order valence-electron chi connectivity index (χ2n) is 5.17. The van der Waals surface area contributed by atoms with Crippen LogP contribution >= 0.6 is 0 Å². The highest BCUT2D eigenvalue weighted by molar-refractivity contribution is 5.92. The zero-order chi connectivity index (χ0) is 15.2. The van der Waals surface area contributed by atoms with E-state index in [1.54, 1.807) is 18.6 Å². The van der Waals surface area contributed by atoms with Gasteiger partial charge in [-0.05, 0) is 37.5 Å². The second kappa shape index (κ2) is 7.02. The van der Waals surface area contributed by atoms with Crippen LogP contribution in [0.4, 0.5) is 5.82 Å². The highest BCUT2D eigenvalue weighted by atomic mass is 16.1. The summed E-state index contributed by atoms with van der Waals surface area (Å²) in [7, 11) is 0. The van der Waals surface area contributed by atoms with Gasteiger partial charge in [-0.3, -0.25) is 9.78 Å². The first-order valence-corrected chi connectivity index (χ1v) is 7.38. The maximum absolute atomic E-state index is 12.2. The molecular weight excluding hydrogens is 264 g/mol. The first-order chi connectivity index (χ1) is 10.2. The lowest BCUT2D eigenvalue weighted by Crippen LogP contribution is -2.20. The summed E-state index contributed by atoms with van der Waals surface area (Å²) in [5.74, 6) is 0.778. The van der Waals surface area contributed by atoms with Crippen LogP contribution in [0.5, 0.6) is 0 Å². The van der Waals surface area contributed by atoms with Gasteiger partial charge in [-0.25, -0.2) is 4.68 Å². The molecule has 5 nitrogen and oxygen atoms in total. The van der Waals surface area contributed by atoms with Crippen LogP contribution in [-0.2, 0) is 11.2 Å². The number of pyridine rings is 1. The fourth-order valence-electron chi connectivity index (χ4n) is 2.38. The summed E-state index contributed by atoms with van der Waals surface area (Å²) < 4.78 is 1.93. The maximum Gasteiger partial charge on any atom is 0.229 e. The molecule has 0 bridgehead atoms. The van der Waals surface area contributed by atoms with Gasteiger partial charge in [0.15, 0.2) is 0 Å². The van der Waals surface area contributed by atoms with E-state index < -0.39 is 0 Å². The summed E-state index contributed by atoms with van der Waals surface area (Å²) in [5.41, 5.74) is 1.94. The van der Waals surface area contributed by atoms with Gasteiger partial charge < -0.3 is 5.32 Å². The topological polar surface area (TPSA) is 59.8 Å². The van der Waals surface area contributed by atoms with Crippen LogP contribution in [0.25, 0.3) is 0 Å². The van der Waals surface area contributed by atoms with Crippen molar-refractivity contribution in [2.75, 3.05) is 5.32 Å². The smallest absolute Gasteiger partial charge is 0.229 e. The fraction of sp³-hybridized carbons (Fsp3) is 0.438. The lowest BCUT2D eigenvalue weighted by Gasteiger charge is -2.17. The molecule has 112 valence electrons. The van der Waals surface area contributed by atoms with Gasteiger partial charge in [-0.15, -0.1) is 0 Å². The van der Waals surface area contributed by atoms with E-state index in [9.17, 15) is 4.79 Å². The summed E-state index contributed by atoms with van der Waals surface area (Å²) in [6.45, 7) is 6.23. The van der Waals surface area contributed by atoms with E-state index in [1.807, 2.05) is 23.7 Å². The Morgan fingerprint density at radius 2 is 1.95 bits per heavy atom. The monoisotopic (exact) mass is 286 g/mol. The minimum Gasteiger partial charge on any atom is -0.310 e. The molecule has 0 aromatic carbocycles. The minimum absolute atomic E-state index is 0.0305. The molecule has 5 heteroatoms. The molecule has 0 aliphatic carbocycles. The Hall–Kier alpha value is -2.17. The Bertz CT molecular complexity index is 588. The van der Waals surface area contributed by atoms with Gasteiger partial charge in [0.2, 0.25) is 5.91 Å². The molecule has 1 amide bonds. The Balaban J connectivity index is 2.12. The summed E-state index contributed by atoms with van der Waals surface area (Å²) in [5, 5.41) is 7.41. The number of nitrogens with one attached hydrogen (secondary N) is 1. The second-order valence-corrected chi connectivity index (χ2v) is 5.17. The summed E-state index contributed by atoms with van der Waals surface area (Å²) in [6, 6.07) is 4.02. The standard InChI is InChI=1S/C16H22N4O/c1-4-14(5-2)20-16(12(3)11-18-20)19-15(21)10-13-6-8-17-9-7-13/h6-9,11,14H,4-5,10H2,1-3H3,(H,19,21).